The van der Waals surface area contributed by atoms with Gasteiger partial charge in [0.05, 0.1) is 0 Å². The quantitative estimate of drug-likeness (QED) is 0.510. The van der Waals surface area contributed by atoms with Crippen molar-refractivity contribution in [2.45, 2.75) is 64.7 Å². The molecular formula is C17H25ClO. The molecule has 0 spiro atoms. The first-order valence-corrected chi connectivity index (χ1v) is 7.86. The molecule has 106 valence electrons. The topological polar surface area (TPSA) is 17.1 Å². The van der Waals surface area contributed by atoms with Gasteiger partial charge in [-0.1, -0.05) is 69.2 Å². The summed E-state index contributed by atoms with van der Waals surface area (Å²) in [7, 11) is 0. The predicted octanol–water partition coefficient (Wildman–Crippen LogP) is 5.59. The lowest BCUT2D eigenvalue weighted by molar-refractivity contribution is -0.118. The summed E-state index contributed by atoms with van der Waals surface area (Å²) in [6, 6.07) is 7.56. The van der Waals surface area contributed by atoms with Crippen molar-refractivity contribution in [3.05, 3.63) is 34.9 Å². The van der Waals surface area contributed by atoms with E-state index in [0.29, 0.717) is 12.2 Å². The van der Waals surface area contributed by atoms with Crippen LogP contribution < -0.4 is 0 Å². The fourth-order valence-electron chi connectivity index (χ4n) is 2.20. The van der Waals surface area contributed by atoms with E-state index in [2.05, 4.69) is 6.92 Å². The normalized spacial score (nSPS) is 10.6. The molecule has 0 atom stereocenters. The lowest BCUT2D eigenvalue weighted by atomic mass is 10.0. The first-order valence-electron chi connectivity index (χ1n) is 7.48. The number of carbonyl (C=O) groups excluding carboxylic acids is 1. The van der Waals surface area contributed by atoms with Crippen molar-refractivity contribution in [3.63, 3.8) is 0 Å². The zero-order chi connectivity index (χ0) is 13.9. The molecule has 0 saturated carbocycles. The van der Waals surface area contributed by atoms with Gasteiger partial charge in [-0.05, 0) is 24.1 Å². The summed E-state index contributed by atoms with van der Waals surface area (Å²) in [6.07, 6.45) is 10.1. The molecule has 0 heterocycles. The summed E-state index contributed by atoms with van der Waals surface area (Å²) >= 11 is 5.82. The third-order valence-electron chi connectivity index (χ3n) is 3.37. The van der Waals surface area contributed by atoms with Crippen molar-refractivity contribution >= 4 is 17.4 Å². The van der Waals surface area contributed by atoms with Gasteiger partial charge in [-0.3, -0.25) is 4.79 Å². The summed E-state index contributed by atoms with van der Waals surface area (Å²) in [5, 5.41) is 0.725. The third-order valence-corrected chi connectivity index (χ3v) is 3.63. The van der Waals surface area contributed by atoms with Crippen LogP contribution in [0, 0.1) is 0 Å². The number of carbonyl (C=O) groups is 1. The highest BCUT2D eigenvalue weighted by Crippen LogP contribution is 2.12. The molecule has 1 nitrogen and oxygen atoms in total. The molecule has 0 aliphatic carbocycles. The maximum atomic E-state index is 11.8. The van der Waals surface area contributed by atoms with E-state index in [-0.39, 0.29) is 0 Å². The Morgan fingerprint density at radius 1 is 0.947 bits per heavy atom. The van der Waals surface area contributed by atoms with E-state index in [0.717, 1.165) is 23.4 Å². The minimum atomic E-state index is 0.343. The maximum absolute atomic E-state index is 11.8. The van der Waals surface area contributed by atoms with Gasteiger partial charge in [-0.2, -0.15) is 0 Å². The van der Waals surface area contributed by atoms with E-state index in [4.69, 9.17) is 11.6 Å². The first kappa shape index (κ1) is 16.2. The van der Waals surface area contributed by atoms with Crippen LogP contribution in [0.3, 0.4) is 0 Å². The molecule has 0 radical (unpaired) electrons. The molecule has 2 heteroatoms. The minimum absolute atomic E-state index is 0.343. The van der Waals surface area contributed by atoms with Crippen molar-refractivity contribution < 1.29 is 4.79 Å². The molecule has 0 aromatic heterocycles. The Bertz CT molecular complexity index is 356. The largest absolute Gasteiger partial charge is 0.299 e. The second-order valence-corrected chi connectivity index (χ2v) is 5.65. The van der Waals surface area contributed by atoms with E-state index in [9.17, 15) is 4.79 Å². The van der Waals surface area contributed by atoms with Crippen LogP contribution in [0.5, 0.6) is 0 Å². The smallest absolute Gasteiger partial charge is 0.137 e. The molecule has 1 aromatic carbocycles. The van der Waals surface area contributed by atoms with Crippen LogP contribution in [0.4, 0.5) is 0 Å². The van der Waals surface area contributed by atoms with Crippen LogP contribution in [-0.4, -0.2) is 5.78 Å². The maximum Gasteiger partial charge on any atom is 0.137 e. The molecule has 19 heavy (non-hydrogen) atoms. The van der Waals surface area contributed by atoms with E-state index < -0.39 is 0 Å². The Balaban J connectivity index is 2.06. The fourth-order valence-corrected chi connectivity index (χ4v) is 2.32. The van der Waals surface area contributed by atoms with E-state index in [1.807, 2.05) is 24.3 Å². The van der Waals surface area contributed by atoms with Gasteiger partial charge in [-0.25, -0.2) is 0 Å². The molecule has 0 bridgehead atoms. The second-order valence-electron chi connectivity index (χ2n) is 5.21. The number of halogens is 1. The van der Waals surface area contributed by atoms with Gasteiger partial charge in [0, 0.05) is 17.9 Å². The summed E-state index contributed by atoms with van der Waals surface area (Å²) in [5.41, 5.74) is 1.07. The summed E-state index contributed by atoms with van der Waals surface area (Å²) in [6.45, 7) is 2.23. The van der Waals surface area contributed by atoms with Crippen LogP contribution in [0.15, 0.2) is 24.3 Å². The van der Waals surface area contributed by atoms with Gasteiger partial charge >= 0.3 is 0 Å². The van der Waals surface area contributed by atoms with E-state index in [1.165, 1.54) is 38.5 Å². The number of Topliss-reactive ketones (excluding diaryl/α,β-unsaturated/α-hetero) is 1. The third kappa shape index (κ3) is 8.05. The Morgan fingerprint density at radius 2 is 1.53 bits per heavy atom. The van der Waals surface area contributed by atoms with Crippen LogP contribution in [0.25, 0.3) is 0 Å². The van der Waals surface area contributed by atoms with Gasteiger partial charge in [0.1, 0.15) is 5.78 Å². The molecule has 0 aliphatic heterocycles. The molecular weight excluding hydrogens is 256 g/mol. The highest BCUT2D eigenvalue weighted by molar-refractivity contribution is 6.30. The molecule has 0 fully saturated rings. The van der Waals surface area contributed by atoms with Crippen molar-refractivity contribution in [3.8, 4) is 0 Å². The number of benzene rings is 1. The Labute approximate surface area is 122 Å². The minimum Gasteiger partial charge on any atom is -0.299 e. The number of ketones is 1. The van der Waals surface area contributed by atoms with Crippen molar-refractivity contribution in [2.24, 2.45) is 0 Å². The predicted molar refractivity (Wildman–Crippen MR) is 82.8 cm³/mol. The molecule has 1 rings (SSSR count). The lowest BCUT2D eigenvalue weighted by Crippen LogP contribution is -2.02. The Hall–Kier alpha value is -0.820. The summed E-state index contributed by atoms with van der Waals surface area (Å²) in [4.78, 5) is 11.8. The first-order chi connectivity index (χ1) is 9.22. The van der Waals surface area contributed by atoms with Gasteiger partial charge in [-0.15, -0.1) is 0 Å². The van der Waals surface area contributed by atoms with Gasteiger partial charge in [0.25, 0.3) is 0 Å². The molecule has 0 unspecified atom stereocenters. The molecule has 0 saturated heterocycles. The second kappa shape index (κ2) is 10.0. The fraction of sp³-hybridized carbons (Fsp3) is 0.588. The zero-order valence-electron chi connectivity index (χ0n) is 12.0. The average molecular weight is 281 g/mol. The monoisotopic (exact) mass is 280 g/mol. The van der Waals surface area contributed by atoms with E-state index >= 15 is 0 Å². The Morgan fingerprint density at radius 3 is 2.16 bits per heavy atom. The summed E-state index contributed by atoms with van der Waals surface area (Å²) < 4.78 is 0. The molecule has 1 aromatic rings. The van der Waals surface area contributed by atoms with Gasteiger partial charge < -0.3 is 0 Å². The standard InChI is InChI=1S/C17H25ClO/c1-2-3-4-5-6-7-8-9-17(19)14-15-10-12-16(18)13-11-15/h10-13H,2-9,14H2,1H3. The molecule has 0 aliphatic rings. The zero-order valence-corrected chi connectivity index (χ0v) is 12.7. The van der Waals surface area contributed by atoms with E-state index in [1.54, 1.807) is 0 Å². The SMILES string of the molecule is CCCCCCCCCC(=O)Cc1ccc(Cl)cc1. The van der Waals surface area contributed by atoms with Crippen LogP contribution >= 0.6 is 11.6 Å². The van der Waals surface area contributed by atoms with Crippen LogP contribution in [0.2, 0.25) is 5.02 Å². The lowest BCUT2D eigenvalue weighted by Gasteiger charge is -2.02. The van der Waals surface area contributed by atoms with Crippen molar-refractivity contribution in [2.75, 3.05) is 0 Å². The number of rotatable bonds is 10. The average Bonchev–Trinajstić information content (AvgIpc) is 2.40. The van der Waals surface area contributed by atoms with Gasteiger partial charge in [0.15, 0.2) is 0 Å². The number of unbranched alkanes of at least 4 members (excludes halogenated alkanes) is 6. The highest BCUT2D eigenvalue weighted by atomic mass is 35.5. The molecule has 0 amide bonds. The number of hydrogen-bond acceptors (Lipinski definition) is 1. The number of hydrogen-bond donors (Lipinski definition) is 0. The highest BCUT2D eigenvalue weighted by Gasteiger charge is 2.03. The van der Waals surface area contributed by atoms with Crippen LogP contribution in [-0.2, 0) is 11.2 Å². The Kier molecular flexibility index (Phi) is 8.57. The van der Waals surface area contributed by atoms with Crippen LogP contribution in [0.1, 0.15) is 63.9 Å². The van der Waals surface area contributed by atoms with Crippen molar-refractivity contribution in [1.82, 2.24) is 0 Å². The summed E-state index contributed by atoms with van der Waals surface area (Å²) in [5.74, 6) is 0.343. The molecule has 0 N–H and O–H groups in total. The van der Waals surface area contributed by atoms with Gasteiger partial charge in [0.2, 0.25) is 0 Å². The van der Waals surface area contributed by atoms with Crippen molar-refractivity contribution in [1.29, 1.82) is 0 Å².